The lowest BCUT2D eigenvalue weighted by atomic mass is 10.0. The van der Waals surface area contributed by atoms with Crippen molar-refractivity contribution in [2.24, 2.45) is 0 Å². The second kappa shape index (κ2) is 12.8. The molecule has 2 fully saturated rings. The zero-order valence-corrected chi connectivity index (χ0v) is 25.6. The van der Waals surface area contributed by atoms with E-state index in [1.807, 2.05) is 9.58 Å². The average molecular weight is 644 g/mol. The third kappa shape index (κ3) is 7.37. The Morgan fingerprint density at radius 3 is 2.49 bits per heavy atom. The molecule has 0 unspecified atom stereocenters. The smallest absolute Gasteiger partial charge is 0.417 e. The molecular formula is C28H36F3N5O5S2. The third-order valence-electron chi connectivity index (χ3n) is 8.43. The number of likely N-dealkylation sites (tertiary alicyclic amines) is 2. The van der Waals surface area contributed by atoms with E-state index in [9.17, 15) is 31.2 Å². The Morgan fingerprint density at radius 1 is 1.12 bits per heavy atom. The Hall–Kier alpha value is -2.62. The normalized spacial score (nSPS) is 19.3. The van der Waals surface area contributed by atoms with E-state index in [0.717, 1.165) is 69.9 Å². The van der Waals surface area contributed by atoms with Crippen LogP contribution in [0.3, 0.4) is 0 Å². The fraction of sp³-hybridized carbons (Fsp3) is 0.607. The van der Waals surface area contributed by atoms with Crippen molar-refractivity contribution >= 4 is 33.7 Å². The van der Waals surface area contributed by atoms with Gasteiger partial charge in [0.1, 0.15) is 0 Å². The van der Waals surface area contributed by atoms with Crippen LogP contribution in [0, 0.1) is 0 Å². The van der Waals surface area contributed by atoms with Crippen LogP contribution in [-0.2, 0) is 45.3 Å². The van der Waals surface area contributed by atoms with Gasteiger partial charge in [-0.15, -0.1) is 11.8 Å². The summed E-state index contributed by atoms with van der Waals surface area (Å²) in [6.07, 6.45) is 1.15. The molecule has 5 rings (SSSR count). The van der Waals surface area contributed by atoms with E-state index in [4.69, 9.17) is 10.2 Å². The SMILES string of the molecule is CS(=O)(=O)N1CCc2c(c(-c3ccc(C(F)(F)F)c(SCC(=O)O)c3)nn2CCCN2CCC(N3CCCC3=O)CC2)C1. The summed E-state index contributed by atoms with van der Waals surface area (Å²) in [6, 6.07) is 3.86. The van der Waals surface area contributed by atoms with E-state index in [2.05, 4.69) is 4.90 Å². The summed E-state index contributed by atoms with van der Waals surface area (Å²) < 4.78 is 69.0. The maximum Gasteiger partial charge on any atom is 0.417 e. The quantitative estimate of drug-likeness (QED) is 0.391. The number of amides is 1. The number of carbonyl (C=O) groups is 2. The topological polar surface area (TPSA) is 116 Å². The molecule has 0 radical (unpaired) electrons. The number of hydrogen-bond donors (Lipinski definition) is 1. The van der Waals surface area contributed by atoms with Gasteiger partial charge in [0.25, 0.3) is 0 Å². The van der Waals surface area contributed by atoms with Crippen molar-refractivity contribution in [1.82, 2.24) is 23.9 Å². The van der Waals surface area contributed by atoms with Gasteiger partial charge in [-0.2, -0.15) is 22.6 Å². The molecule has 0 aliphatic carbocycles. The minimum Gasteiger partial charge on any atom is -0.481 e. The first-order valence-corrected chi connectivity index (χ1v) is 17.3. The minimum atomic E-state index is -4.66. The highest BCUT2D eigenvalue weighted by molar-refractivity contribution is 8.00. The Balaban J connectivity index is 1.35. The Morgan fingerprint density at radius 2 is 1.86 bits per heavy atom. The standard InChI is InChI=1S/C28H36F3N5O5S2/c1-43(40,41)34-15-9-23-21(17-34)27(19-5-6-22(28(29,30)31)24(16-19)42-18-26(38)39)32-36(23)12-3-10-33-13-7-20(8-14-33)35-11-2-4-25(35)37/h5-6,16,20H,2-4,7-15,17-18H2,1H3,(H,38,39). The summed E-state index contributed by atoms with van der Waals surface area (Å²) >= 11 is 0.590. The number of halogens is 3. The molecule has 236 valence electrons. The Bertz CT molecular complexity index is 1470. The predicted octanol–water partition coefficient (Wildman–Crippen LogP) is 3.54. The predicted molar refractivity (Wildman–Crippen MR) is 155 cm³/mol. The van der Waals surface area contributed by atoms with E-state index in [1.54, 1.807) is 0 Å². The van der Waals surface area contributed by atoms with Gasteiger partial charge in [0.15, 0.2) is 0 Å². The maximum absolute atomic E-state index is 13.7. The van der Waals surface area contributed by atoms with Crippen molar-refractivity contribution in [3.05, 3.63) is 35.0 Å². The van der Waals surface area contributed by atoms with Gasteiger partial charge in [-0.05, 0) is 44.4 Å². The molecule has 1 aromatic heterocycles. The number of nitrogens with zero attached hydrogens (tertiary/aromatic N) is 5. The molecule has 1 amide bonds. The number of carbonyl (C=O) groups excluding carboxylic acids is 1. The number of aromatic nitrogens is 2. The van der Waals surface area contributed by atoms with Crippen LogP contribution in [0.2, 0.25) is 0 Å². The minimum absolute atomic E-state index is 0.0604. The second-order valence-corrected chi connectivity index (χ2v) is 14.4. The van der Waals surface area contributed by atoms with E-state index >= 15 is 0 Å². The highest BCUT2D eigenvalue weighted by Crippen LogP contribution is 2.40. The van der Waals surface area contributed by atoms with Crippen molar-refractivity contribution in [3.63, 3.8) is 0 Å². The zero-order valence-electron chi connectivity index (χ0n) is 24.0. The molecular weight excluding hydrogens is 607 g/mol. The van der Waals surface area contributed by atoms with Crippen molar-refractivity contribution in [1.29, 1.82) is 0 Å². The first-order chi connectivity index (χ1) is 20.3. The van der Waals surface area contributed by atoms with Gasteiger partial charge in [-0.25, -0.2) is 8.42 Å². The summed E-state index contributed by atoms with van der Waals surface area (Å²) in [5.74, 6) is -1.51. The van der Waals surface area contributed by atoms with Gasteiger partial charge >= 0.3 is 12.1 Å². The van der Waals surface area contributed by atoms with Crippen LogP contribution in [0.1, 0.15) is 48.9 Å². The van der Waals surface area contributed by atoms with Crippen molar-refractivity contribution in [2.45, 2.75) is 68.7 Å². The second-order valence-electron chi connectivity index (χ2n) is 11.4. The van der Waals surface area contributed by atoms with Gasteiger partial charge in [-0.3, -0.25) is 14.3 Å². The molecule has 0 atom stereocenters. The fourth-order valence-corrected chi connectivity index (χ4v) is 7.90. The highest BCUT2D eigenvalue weighted by atomic mass is 32.2. The molecule has 3 aliphatic heterocycles. The van der Waals surface area contributed by atoms with E-state index in [-0.39, 0.29) is 23.9 Å². The molecule has 2 aromatic rings. The lowest BCUT2D eigenvalue weighted by Gasteiger charge is -2.36. The van der Waals surface area contributed by atoms with Crippen LogP contribution >= 0.6 is 11.8 Å². The first-order valence-electron chi connectivity index (χ1n) is 14.4. The molecule has 2 saturated heterocycles. The number of fused-ring (bicyclic) bond motifs is 1. The largest absolute Gasteiger partial charge is 0.481 e. The van der Waals surface area contributed by atoms with Gasteiger partial charge < -0.3 is 14.9 Å². The van der Waals surface area contributed by atoms with Crippen LogP contribution in [0.25, 0.3) is 11.3 Å². The molecule has 0 bridgehead atoms. The number of alkyl halides is 3. The molecule has 4 heterocycles. The highest BCUT2D eigenvalue weighted by Gasteiger charge is 2.35. The lowest BCUT2D eigenvalue weighted by molar-refractivity contribution is -0.140. The molecule has 10 nitrogen and oxygen atoms in total. The molecule has 3 aliphatic rings. The molecule has 0 spiro atoms. The average Bonchev–Trinajstić information content (AvgIpc) is 3.54. The molecule has 43 heavy (non-hydrogen) atoms. The number of sulfonamides is 1. The van der Waals surface area contributed by atoms with Crippen LogP contribution in [0.15, 0.2) is 23.1 Å². The van der Waals surface area contributed by atoms with Gasteiger partial charge in [0.05, 0.1) is 23.3 Å². The monoisotopic (exact) mass is 643 g/mol. The molecule has 1 aromatic carbocycles. The molecule has 0 saturated carbocycles. The third-order valence-corrected chi connectivity index (χ3v) is 10.7. The number of carboxylic acids is 1. The number of thioether (sulfide) groups is 1. The lowest BCUT2D eigenvalue weighted by Crippen LogP contribution is -2.45. The zero-order chi connectivity index (χ0) is 30.9. The van der Waals surface area contributed by atoms with Crippen molar-refractivity contribution in [2.75, 3.05) is 44.7 Å². The number of piperidine rings is 1. The van der Waals surface area contributed by atoms with E-state index < -0.39 is 33.5 Å². The van der Waals surface area contributed by atoms with Crippen LogP contribution in [-0.4, -0.2) is 100 Å². The summed E-state index contributed by atoms with van der Waals surface area (Å²) in [7, 11) is -3.51. The summed E-state index contributed by atoms with van der Waals surface area (Å²) in [5, 5.41) is 13.9. The van der Waals surface area contributed by atoms with Gasteiger partial charge in [0, 0.05) is 79.9 Å². The van der Waals surface area contributed by atoms with E-state index in [1.165, 1.54) is 16.4 Å². The van der Waals surface area contributed by atoms with Crippen LogP contribution in [0.4, 0.5) is 13.2 Å². The molecule has 15 heteroatoms. The summed E-state index contributed by atoms with van der Waals surface area (Å²) in [5.41, 5.74) is 1.38. The maximum atomic E-state index is 13.7. The number of hydrogen-bond acceptors (Lipinski definition) is 7. The van der Waals surface area contributed by atoms with E-state index in [0.29, 0.717) is 54.0 Å². The molecule has 1 N–H and O–H groups in total. The Labute approximate surface area is 253 Å². The number of benzene rings is 1. The number of aliphatic carboxylic acids is 1. The van der Waals surface area contributed by atoms with Gasteiger partial charge in [0.2, 0.25) is 15.9 Å². The first kappa shape index (κ1) is 31.8. The van der Waals surface area contributed by atoms with Crippen molar-refractivity contribution in [3.8, 4) is 11.3 Å². The number of carboxylic acid groups (broad SMARTS) is 1. The van der Waals surface area contributed by atoms with Crippen molar-refractivity contribution < 1.29 is 36.3 Å². The number of aryl methyl sites for hydroxylation is 1. The fourth-order valence-electron chi connectivity index (χ4n) is 6.28. The van der Waals surface area contributed by atoms with Crippen LogP contribution < -0.4 is 0 Å². The number of rotatable bonds is 10. The van der Waals surface area contributed by atoms with Crippen LogP contribution in [0.5, 0.6) is 0 Å². The summed E-state index contributed by atoms with van der Waals surface area (Å²) in [6.45, 7) is 4.40. The van der Waals surface area contributed by atoms with Gasteiger partial charge in [-0.1, -0.05) is 6.07 Å². The summed E-state index contributed by atoms with van der Waals surface area (Å²) in [4.78, 5) is 27.4. The Kier molecular flexibility index (Phi) is 9.45.